The molecule has 3 N–H and O–H groups in total. The monoisotopic (exact) mass is 321 g/mol. The summed E-state index contributed by atoms with van der Waals surface area (Å²) < 4.78 is 4.94. The van der Waals surface area contributed by atoms with Crippen molar-refractivity contribution in [2.75, 3.05) is 7.11 Å². The highest BCUT2D eigenvalue weighted by Gasteiger charge is 2.26. The molecule has 0 bridgehead atoms. The second-order valence-corrected chi connectivity index (χ2v) is 4.82. The van der Waals surface area contributed by atoms with Crippen LogP contribution < -0.4 is 10.1 Å². The third-order valence-corrected chi connectivity index (χ3v) is 3.06. The zero-order valence-corrected chi connectivity index (χ0v) is 12.2. The van der Waals surface area contributed by atoms with E-state index in [0.29, 0.717) is 0 Å². The van der Waals surface area contributed by atoms with Crippen LogP contribution in [-0.2, 0) is 4.79 Å². The zero-order valence-electron chi connectivity index (χ0n) is 10.7. The third kappa shape index (κ3) is 3.75. The van der Waals surface area contributed by atoms with Gasteiger partial charge in [-0.1, -0.05) is 23.2 Å². The van der Waals surface area contributed by atoms with Crippen LogP contribution >= 0.6 is 23.2 Å². The molecule has 1 amide bonds. The number of ether oxygens (including phenoxy) is 1. The molecule has 110 valence electrons. The van der Waals surface area contributed by atoms with Crippen molar-refractivity contribution in [3.63, 3.8) is 0 Å². The van der Waals surface area contributed by atoms with Crippen LogP contribution in [0.15, 0.2) is 12.1 Å². The Kier molecular flexibility index (Phi) is 5.62. The molecule has 0 saturated heterocycles. The Morgan fingerprint density at radius 3 is 2.15 bits per heavy atom. The van der Waals surface area contributed by atoms with E-state index in [4.69, 9.17) is 33.0 Å². The second kappa shape index (κ2) is 6.78. The molecule has 0 spiro atoms. The van der Waals surface area contributed by atoms with Gasteiger partial charge >= 0.3 is 5.97 Å². The van der Waals surface area contributed by atoms with Crippen LogP contribution in [-0.4, -0.2) is 41.3 Å². The van der Waals surface area contributed by atoms with E-state index in [1.807, 2.05) is 0 Å². The molecule has 20 heavy (non-hydrogen) atoms. The summed E-state index contributed by atoms with van der Waals surface area (Å²) in [6, 6.07) is 1.16. The van der Waals surface area contributed by atoms with Crippen molar-refractivity contribution in [2.45, 2.75) is 19.1 Å². The molecule has 0 aliphatic rings. The Morgan fingerprint density at radius 1 is 1.30 bits per heavy atom. The number of rotatable bonds is 5. The summed E-state index contributed by atoms with van der Waals surface area (Å²) in [6.07, 6.45) is -1.25. The Hall–Kier alpha value is -1.50. The van der Waals surface area contributed by atoms with Gasteiger partial charge < -0.3 is 20.3 Å². The van der Waals surface area contributed by atoms with Crippen LogP contribution in [0.4, 0.5) is 0 Å². The predicted octanol–water partition coefficient (Wildman–Crippen LogP) is 1.57. The lowest BCUT2D eigenvalue weighted by Crippen LogP contribution is -2.47. The van der Waals surface area contributed by atoms with E-state index in [1.165, 1.54) is 26.2 Å². The van der Waals surface area contributed by atoms with Crippen LogP contribution in [0.25, 0.3) is 0 Å². The van der Waals surface area contributed by atoms with Crippen LogP contribution in [0.3, 0.4) is 0 Å². The van der Waals surface area contributed by atoms with Gasteiger partial charge in [-0.15, -0.1) is 0 Å². The number of carbonyl (C=O) groups excluding carboxylic acids is 1. The summed E-state index contributed by atoms with van der Waals surface area (Å²) in [4.78, 5) is 22.8. The highest BCUT2D eigenvalue weighted by atomic mass is 35.5. The van der Waals surface area contributed by atoms with E-state index in [2.05, 4.69) is 5.32 Å². The van der Waals surface area contributed by atoms with E-state index in [1.54, 1.807) is 0 Å². The van der Waals surface area contributed by atoms with E-state index < -0.39 is 24.0 Å². The Balaban J connectivity index is 3.01. The molecule has 0 fully saturated rings. The number of amides is 1. The third-order valence-electron chi connectivity index (χ3n) is 2.50. The molecule has 0 aliphatic heterocycles. The van der Waals surface area contributed by atoms with E-state index in [-0.39, 0.29) is 21.4 Å². The van der Waals surface area contributed by atoms with Crippen molar-refractivity contribution in [2.24, 2.45) is 0 Å². The lowest BCUT2D eigenvalue weighted by Gasteiger charge is -2.17. The van der Waals surface area contributed by atoms with E-state index in [0.717, 1.165) is 0 Å². The summed E-state index contributed by atoms with van der Waals surface area (Å²) in [5.74, 6) is -1.85. The lowest BCUT2D eigenvalue weighted by molar-refractivity contribution is -0.141. The van der Waals surface area contributed by atoms with Gasteiger partial charge in [-0.2, -0.15) is 0 Å². The Bertz CT molecular complexity index is 510. The van der Waals surface area contributed by atoms with E-state index in [9.17, 15) is 14.7 Å². The summed E-state index contributed by atoms with van der Waals surface area (Å²) in [7, 11) is 1.38. The van der Waals surface area contributed by atoms with Gasteiger partial charge in [0.05, 0.1) is 23.3 Å². The summed E-state index contributed by atoms with van der Waals surface area (Å²) in [6.45, 7) is 1.26. The largest absolute Gasteiger partial charge is 0.494 e. The molecule has 1 aromatic carbocycles. The SMILES string of the molecule is COc1c(Cl)cc(C(=O)N[C@H](C(=O)O)[C@@H](C)O)cc1Cl. The molecule has 0 saturated carbocycles. The van der Waals surface area contributed by atoms with Crippen molar-refractivity contribution in [3.8, 4) is 5.75 Å². The number of nitrogens with one attached hydrogen (secondary N) is 1. The molecule has 0 heterocycles. The molecule has 0 aliphatic carbocycles. The van der Waals surface area contributed by atoms with E-state index >= 15 is 0 Å². The summed E-state index contributed by atoms with van der Waals surface area (Å²) in [5.41, 5.74) is 0.0627. The van der Waals surface area contributed by atoms with Crippen molar-refractivity contribution in [1.29, 1.82) is 0 Å². The molecule has 2 atom stereocenters. The van der Waals surface area contributed by atoms with Gasteiger partial charge in [0, 0.05) is 5.56 Å². The van der Waals surface area contributed by atoms with Gasteiger partial charge in [-0.3, -0.25) is 4.79 Å². The number of aliphatic carboxylic acids is 1. The fraction of sp³-hybridized carbons (Fsp3) is 0.333. The van der Waals surface area contributed by atoms with Gasteiger partial charge in [0.1, 0.15) is 0 Å². The van der Waals surface area contributed by atoms with Crippen molar-refractivity contribution in [3.05, 3.63) is 27.7 Å². The first-order valence-corrected chi connectivity index (χ1v) is 6.28. The van der Waals surface area contributed by atoms with Crippen molar-refractivity contribution >= 4 is 35.1 Å². The standard InChI is InChI=1S/C12H13Cl2NO5/c1-5(16)9(12(18)19)15-11(17)6-3-7(13)10(20-2)8(14)4-6/h3-5,9,16H,1-2H3,(H,15,17)(H,18,19)/t5-,9+/m1/s1. The molecular weight excluding hydrogens is 309 g/mol. The number of hydrogen-bond donors (Lipinski definition) is 3. The van der Waals surface area contributed by atoms with Crippen LogP contribution in [0.2, 0.25) is 10.0 Å². The van der Waals surface area contributed by atoms with Crippen LogP contribution in [0, 0.1) is 0 Å². The highest BCUT2D eigenvalue weighted by molar-refractivity contribution is 6.37. The number of carboxylic acids is 1. The number of halogens is 2. The minimum Gasteiger partial charge on any atom is -0.494 e. The van der Waals surface area contributed by atoms with Gasteiger partial charge in [0.15, 0.2) is 11.8 Å². The maximum Gasteiger partial charge on any atom is 0.328 e. The minimum absolute atomic E-state index is 0.0627. The minimum atomic E-state index is -1.43. The number of carbonyl (C=O) groups is 2. The average molecular weight is 322 g/mol. The first kappa shape index (κ1) is 16.6. The predicted molar refractivity (Wildman–Crippen MR) is 73.6 cm³/mol. The molecule has 0 radical (unpaired) electrons. The fourth-order valence-corrected chi connectivity index (χ4v) is 2.14. The summed E-state index contributed by atoms with van der Waals surface area (Å²) >= 11 is 11.8. The maximum absolute atomic E-state index is 11.9. The lowest BCUT2D eigenvalue weighted by atomic mass is 10.1. The Labute approximate surface area is 125 Å². The highest BCUT2D eigenvalue weighted by Crippen LogP contribution is 2.33. The number of aliphatic hydroxyl groups is 1. The molecular formula is C12H13Cl2NO5. The van der Waals surface area contributed by atoms with Crippen molar-refractivity contribution < 1.29 is 24.5 Å². The van der Waals surface area contributed by atoms with Gasteiger partial charge in [0.2, 0.25) is 0 Å². The normalized spacial score (nSPS) is 13.4. The average Bonchev–Trinajstić information content (AvgIpc) is 2.34. The summed E-state index contributed by atoms with van der Waals surface area (Å²) in [5, 5.41) is 20.6. The topological polar surface area (TPSA) is 95.9 Å². The molecule has 1 rings (SSSR count). The molecule has 0 unspecified atom stereocenters. The molecule has 6 nitrogen and oxygen atoms in total. The fourth-order valence-electron chi connectivity index (χ4n) is 1.50. The first-order chi connectivity index (χ1) is 9.27. The van der Waals surface area contributed by atoms with Crippen LogP contribution in [0.5, 0.6) is 5.75 Å². The molecule has 0 aromatic heterocycles. The Morgan fingerprint density at radius 2 is 1.80 bits per heavy atom. The number of benzene rings is 1. The molecule has 8 heteroatoms. The van der Waals surface area contributed by atoms with Crippen LogP contribution in [0.1, 0.15) is 17.3 Å². The first-order valence-electron chi connectivity index (χ1n) is 5.52. The van der Waals surface area contributed by atoms with Crippen molar-refractivity contribution in [1.82, 2.24) is 5.32 Å². The maximum atomic E-state index is 11.9. The number of methoxy groups -OCH3 is 1. The van der Waals surface area contributed by atoms with Gasteiger partial charge in [0.25, 0.3) is 5.91 Å². The number of aliphatic hydroxyl groups excluding tert-OH is 1. The number of hydrogen-bond acceptors (Lipinski definition) is 4. The van der Waals surface area contributed by atoms with Gasteiger partial charge in [-0.25, -0.2) is 4.79 Å². The smallest absolute Gasteiger partial charge is 0.328 e. The second-order valence-electron chi connectivity index (χ2n) is 4.00. The number of carboxylic acid groups (broad SMARTS) is 1. The quantitative estimate of drug-likeness (QED) is 0.765. The van der Waals surface area contributed by atoms with Gasteiger partial charge in [-0.05, 0) is 19.1 Å². The zero-order chi connectivity index (χ0) is 15.4. The molecule has 1 aromatic rings.